The van der Waals surface area contributed by atoms with Gasteiger partial charge in [-0.1, -0.05) is 0 Å². The Kier molecular flexibility index (Phi) is 3.63. The van der Waals surface area contributed by atoms with Crippen LogP contribution >= 0.6 is 0 Å². The third kappa shape index (κ3) is 2.69. The molecule has 92 valence electrons. The summed E-state index contributed by atoms with van der Waals surface area (Å²) in [6, 6.07) is 7.90. The maximum Gasteiger partial charge on any atom is 0.105 e. The van der Waals surface area contributed by atoms with E-state index in [0.29, 0.717) is 5.56 Å². The first-order valence-electron chi connectivity index (χ1n) is 5.85. The summed E-state index contributed by atoms with van der Waals surface area (Å²) < 4.78 is 5.26. The molecule has 0 saturated carbocycles. The number of hydrogen-bond donors (Lipinski definition) is 1. The number of rotatable bonds is 4. The number of aromatic nitrogens is 1. The first kappa shape index (κ1) is 12.2. The summed E-state index contributed by atoms with van der Waals surface area (Å²) in [6.45, 7) is 4.50. The number of nitrogens with zero attached hydrogens (tertiary/aromatic N) is 2. The molecular weight excluding hydrogens is 226 g/mol. The van der Waals surface area contributed by atoms with E-state index in [1.165, 1.54) is 0 Å². The van der Waals surface area contributed by atoms with Crippen LogP contribution in [0.2, 0.25) is 0 Å². The van der Waals surface area contributed by atoms with Crippen molar-refractivity contribution in [3.8, 4) is 6.07 Å². The Balaban J connectivity index is 2.07. The maximum atomic E-state index is 9.12. The second kappa shape index (κ2) is 5.37. The molecule has 2 aromatic heterocycles. The molecule has 4 nitrogen and oxygen atoms in total. The van der Waals surface area contributed by atoms with E-state index in [4.69, 9.17) is 9.68 Å². The van der Waals surface area contributed by atoms with Gasteiger partial charge >= 0.3 is 0 Å². The predicted octanol–water partition coefficient (Wildman–Crippen LogP) is 2.82. The van der Waals surface area contributed by atoms with Gasteiger partial charge in [-0.05, 0) is 32.0 Å². The number of anilines is 1. The highest BCUT2D eigenvalue weighted by Crippen LogP contribution is 2.18. The van der Waals surface area contributed by atoms with Gasteiger partial charge in [-0.15, -0.1) is 0 Å². The van der Waals surface area contributed by atoms with E-state index in [-0.39, 0.29) is 0 Å². The van der Waals surface area contributed by atoms with Gasteiger partial charge in [0.15, 0.2) is 0 Å². The Bertz CT molecular complexity index is 567. The molecule has 0 radical (unpaired) electrons. The average molecular weight is 241 g/mol. The molecule has 0 bridgehead atoms. The molecule has 0 spiro atoms. The third-order valence-corrected chi connectivity index (χ3v) is 2.71. The fourth-order valence-electron chi connectivity index (χ4n) is 1.88. The highest BCUT2D eigenvalue weighted by molar-refractivity contribution is 5.59. The van der Waals surface area contributed by atoms with Crippen molar-refractivity contribution < 1.29 is 4.42 Å². The minimum absolute atomic E-state index is 0.611. The van der Waals surface area contributed by atoms with E-state index in [9.17, 15) is 0 Å². The summed E-state index contributed by atoms with van der Waals surface area (Å²) in [4.78, 5) is 4.28. The van der Waals surface area contributed by atoms with Crippen LogP contribution in [-0.4, -0.2) is 11.5 Å². The number of pyridine rings is 1. The van der Waals surface area contributed by atoms with Crippen molar-refractivity contribution in [2.45, 2.75) is 20.3 Å². The Hall–Kier alpha value is -2.28. The van der Waals surface area contributed by atoms with Crippen molar-refractivity contribution in [3.05, 3.63) is 47.2 Å². The number of hydrogen-bond acceptors (Lipinski definition) is 4. The van der Waals surface area contributed by atoms with E-state index in [1.54, 1.807) is 6.26 Å². The number of aryl methyl sites for hydroxylation is 2. The lowest BCUT2D eigenvalue weighted by Gasteiger charge is -2.10. The lowest BCUT2D eigenvalue weighted by molar-refractivity contribution is 0.513. The molecule has 0 atom stereocenters. The number of furan rings is 1. The molecule has 0 aliphatic carbocycles. The van der Waals surface area contributed by atoms with Crippen LogP contribution < -0.4 is 5.32 Å². The standard InChI is InChI=1S/C14H15N3O/c1-10-8-14(13(9-15)11(2)17-10)16-6-5-12-4-3-7-18-12/h3-4,7-8H,5-6H2,1-2H3,(H,16,17). The summed E-state index contributed by atoms with van der Waals surface area (Å²) in [7, 11) is 0. The van der Waals surface area contributed by atoms with Crippen molar-refractivity contribution in [1.82, 2.24) is 4.98 Å². The highest BCUT2D eigenvalue weighted by atomic mass is 16.3. The first-order valence-corrected chi connectivity index (χ1v) is 5.85. The van der Waals surface area contributed by atoms with Crippen LogP contribution in [-0.2, 0) is 6.42 Å². The molecule has 0 aromatic carbocycles. The normalized spacial score (nSPS) is 10.1. The summed E-state index contributed by atoms with van der Waals surface area (Å²) in [6.07, 6.45) is 2.45. The Morgan fingerprint density at radius 3 is 2.94 bits per heavy atom. The van der Waals surface area contributed by atoms with Gasteiger partial charge in [0.1, 0.15) is 11.8 Å². The minimum atomic E-state index is 0.611. The van der Waals surface area contributed by atoms with E-state index < -0.39 is 0 Å². The van der Waals surface area contributed by atoms with Crippen LogP contribution in [0.3, 0.4) is 0 Å². The van der Waals surface area contributed by atoms with Gasteiger partial charge in [-0.2, -0.15) is 5.26 Å². The molecule has 0 aliphatic rings. The van der Waals surface area contributed by atoms with Gasteiger partial charge in [-0.25, -0.2) is 0 Å². The molecule has 0 fully saturated rings. The van der Waals surface area contributed by atoms with Crippen molar-refractivity contribution >= 4 is 5.69 Å². The summed E-state index contributed by atoms with van der Waals surface area (Å²) in [5, 5.41) is 12.4. The van der Waals surface area contributed by atoms with E-state index in [1.807, 2.05) is 32.0 Å². The fraction of sp³-hybridized carbons (Fsp3) is 0.286. The van der Waals surface area contributed by atoms with Gasteiger partial charge in [0, 0.05) is 18.7 Å². The molecule has 0 unspecified atom stereocenters. The van der Waals surface area contributed by atoms with Crippen molar-refractivity contribution in [2.75, 3.05) is 11.9 Å². The van der Waals surface area contributed by atoms with Gasteiger partial charge in [0.25, 0.3) is 0 Å². The number of nitriles is 1. The molecule has 1 N–H and O–H groups in total. The zero-order chi connectivity index (χ0) is 13.0. The van der Waals surface area contributed by atoms with E-state index >= 15 is 0 Å². The Labute approximate surface area is 106 Å². The zero-order valence-electron chi connectivity index (χ0n) is 10.5. The molecule has 18 heavy (non-hydrogen) atoms. The van der Waals surface area contributed by atoms with Gasteiger partial charge in [0.05, 0.1) is 23.2 Å². The quantitative estimate of drug-likeness (QED) is 0.894. The molecular formula is C14H15N3O. The van der Waals surface area contributed by atoms with Crippen LogP contribution in [0.4, 0.5) is 5.69 Å². The van der Waals surface area contributed by atoms with E-state index in [0.717, 1.165) is 35.8 Å². The second-order valence-corrected chi connectivity index (χ2v) is 4.14. The second-order valence-electron chi connectivity index (χ2n) is 4.14. The first-order chi connectivity index (χ1) is 8.70. The topological polar surface area (TPSA) is 61.9 Å². The summed E-state index contributed by atoms with van der Waals surface area (Å²) in [5.41, 5.74) is 3.12. The van der Waals surface area contributed by atoms with Crippen LogP contribution in [0.1, 0.15) is 22.7 Å². The lowest BCUT2D eigenvalue weighted by Crippen LogP contribution is -2.07. The van der Waals surface area contributed by atoms with Crippen LogP contribution in [0.15, 0.2) is 28.9 Å². The molecule has 4 heteroatoms. The largest absolute Gasteiger partial charge is 0.469 e. The minimum Gasteiger partial charge on any atom is -0.469 e. The SMILES string of the molecule is Cc1cc(NCCc2ccco2)c(C#N)c(C)n1. The molecule has 0 amide bonds. The number of nitrogens with one attached hydrogen (secondary N) is 1. The van der Waals surface area contributed by atoms with Crippen molar-refractivity contribution in [1.29, 1.82) is 5.26 Å². The van der Waals surface area contributed by atoms with Crippen LogP contribution in [0.25, 0.3) is 0 Å². The van der Waals surface area contributed by atoms with Crippen LogP contribution in [0, 0.1) is 25.2 Å². The maximum absolute atomic E-state index is 9.12. The van der Waals surface area contributed by atoms with Gasteiger partial charge < -0.3 is 9.73 Å². The van der Waals surface area contributed by atoms with E-state index in [2.05, 4.69) is 16.4 Å². The average Bonchev–Trinajstić information content (AvgIpc) is 2.81. The van der Waals surface area contributed by atoms with Crippen LogP contribution in [0.5, 0.6) is 0 Å². The summed E-state index contributed by atoms with van der Waals surface area (Å²) in [5.74, 6) is 0.934. The molecule has 2 rings (SSSR count). The zero-order valence-corrected chi connectivity index (χ0v) is 10.5. The van der Waals surface area contributed by atoms with Crippen molar-refractivity contribution in [2.24, 2.45) is 0 Å². The molecule has 2 aromatic rings. The lowest BCUT2D eigenvalue weighted by atomic mass is 10.1. The molecule has 0 aliphatic heterocycles. The van der Waals surface area contributed by atoms with Gasteiger partial charge in [0.2, 0.25) is 0 Å². The van der Waals surface area contributed by atoms with Crippen molar-refractivity contribution in [3.63, 3.8) is 0 Å². The summed E-state index contributed by atoms with van der Waals surface area (Å²) >= 11 is 0. The molecule has 0 saturated heterocycles. The predicted molar refractivity (Wildman–Crippen MR) is 69.3 cm³/mol. The third-order valence-electron chi connectivity index (χ3n) is 2.71. The Morgan fingerprint density at radius 2 is 2.28 bits per heavy atom. The Morgan fingerprint density at radius 1 is 1.44 bits per heavy atom. The van der Waals surface area contributed by atoms with Gasteiger partial charge in [-0.3, -0.25) is 4.98 Å². The molecule has 2 heterocycles. The monoisotopic (exact) mass is 241 g/mol. The smallest absolute Gasteiger partial charge is 0.105 e. The fourth-order valence-corrected chi connectivity index (χ4v) is 1.88. The highest BCUT2D eigenvalue weighted by Gasteiger charge is 2.07.